The smallest absolute Gasteiger partial charge is 0.0483 e. The van der Waals surface area contributed by atoms with E-state index in [1.807, 2.05) is 0 Å². The molecule has 4 aliphatic rings. The Balaban J connectivity index is 1.34. The van der Waals surface area contributed by atoms with Crippen LogP contribution < -0.4 is 9.80 Å². The van der Waals surface area contributed by atoms with Crippen molar-refractivity contribution >= 4 is 11.4 Å². The lowest BCUT2D eigenvalue weighted by Crippen LogP contribution is -2.30. The predicted molar refractivity (Wildman–Crippen MR) is 155 cm³/mol. The number of aliphatic hydroxyl groups is 1. The molecule has 37 heavy (non-hydrogen) atoms. The van der Waals surface area contributed by atoms with Gasteiger partial charge in [-0.05, 0) is 71.6 Å². The molecule has 2 aromatic rings. The van der Waals surface area contributed by atoms with E-state index in [4.69, 9.17) is 0 Å². The molecular weight excluding hydrogens is 452 g/mol. The highest BCUT2D eigenvalue weighted by Gasteiger charge is 2.42. The van der Waals surface area contributed by atoms with Crippen LogP contribution in [0.1, 0.15) is 69.2 Å². The molecule has 0 bridgehead atoms. The van der Waals surface area contributed by atoms with Gasteiger partial charge in [0.2, 0.25) is 0 Å². The van der Waals surface area contributed by atoms with Crippen LogP contribution in [0.25, 0.3) is 0 Å². The van der Waals surface area contributed by atoms with E-state index in [2.05, 4.69) is 104 Å². The molecule has 0 atom stereocenters. The molecule has 3 heteroatoms. The summed E-state index contributed by atoms with van der Waals surface area (Å²) in [5, 5.41) is 9.60. The lowest BCUT2D eigenvalue weighted by Gasteiger charge is -2.37. The van der Waals surface area contributed by atoms with Crippen LogP contribution in [0.4, 0.5) is 11.4 Å². The zero-order valence-corrected chi connectivity index (χ0v) is 22.8. The first kappa shape index (κ1) is 24.3. The van der Waals surface area contributed by atoms with E-state index in [-0.39, 0.29) is 17.4 Å². The van der Waals surface area contributed by atoms with Crippen molar-refractivity contribution in [2.75, 3.05) is 29.5 Å². The number of aliphatic hydroxyl groups excluding tert-OH is 1. The first-order valence-electron chi connectivity index (χ1n) is 14.0. The fourth-order valence-electron chi connectivity index (χ4n) is 6.91. The second kappa shape index (κ2) is 9.06. The Morgan fingerprint density at radius 3 is 2.41 bits per heavy atom. The normalized spacial score (nSPS) is 22.0. The van der Waals surface area contributed by atoms with E-state index < -0.39 is 0 Å². The molecule has 0 saturated heterocycles. The molecule has 3 nitrogen and oxygen atoms in total. The summed E-state index contributed by atoms with van der Waals surface area (Å²) in [5.74, 6) is 0. The Kier molecular flexibility index (Phi) is 5.95. The second-order valence-corrected chi connectivity index (χ2v) is 12.1. The third kappa shape index (κ3) is 3.90. The van der Waals surface area contributed by atoms with Gasteiger partial charge in [0.15, 0.2) is 0 Å². The minimum Gasteiger partial charge on any atom is -0.396 e. The van der Waals surface area contributed by atoms with Crippen LogP contribution in [0.3, 0.4) is 0 Å². The van der Waals surface area contributed by atoms with Gasteiger partial charge in [-0.15, -0.1) is 0 Å². The summed E-state index contributed by atoms with van der Waals surface area (Å²) in [5.41, 5.74) is 12.7. The molecule has 0 unspecified atom stereocenters. The molecule has 0 saturated carbocycles. The van der Waals surface area contributed by atoms with Gasteiger partial charge in [0.1, 0.15) is 0 Å². The van der Waals surface area contributed by atoms with Crippen molar-refractivity contribution in [2.45, 2.75) is 70.6 Å². The Hall–Kier alpha value is -3.04. The average molecular weight is 493 g/mol. The van der Waals surface area contributed by atoms with Gasteiger partial charge in [-0.3, -0.25) is 0 Å². The maximum absolute atomic E-state index is 9.60. The summed E-state index contributed by atoms with van der Waals surface area (Å²) in [4.78, 5) is 5.01. The van der Waals surface area contributed by atoms with Crippen molar-refractivity contribution in [3.63, 3.8) is 0 Å². The third-order valence-electron chi connectivity index (χ3n) is 9.10. The zero-order chi connectivity index (χ0) is 25.8. The fourth-order valence-corrected chi connectivity index (χ4v) is 6.91. The Labute approximate surface area is 222 Å². The standard InChI is InChI=1S/C34H40N2O/c1-33(2)27(23-35-21-19-26-11-6-13-28(33)31(26)35)17-15-24(9-8-22-37)16-18-30-34(3,4)29-14-5-10-25-12-7-20-36(30)32(25)29/h5-6,10-11,13-18,23,37H,7-9,12,19-22H2,1-4H3/b17-15+,24-16+,30-18+. The summed E-state index contributed by atoms with van der Waals surface area (Å²) in [6.07, 6.45) is 16.8. The van der Waals surface area contributed by atoms with Gasteiger partial charge in [-0.2, -0.15) is 0 Å². The molecular formula is C34H40N2O. The molecule has 0 amide bonds. The summed E-state index contributed by atoms with van der Waals surface area (Å²) in [6.45, 7) is 11.8. The van der Waals surface area contributed by atoms with E-state index in [9.17, 15) is 5.11 Å². The molecule has 4 aliphatic heterocycles. The fraction of sp³-hybridized carbons (Fsp3) is 0.412. The first-order valence-corrected chi connectivity index (χ1v) is 14.0. The molecule has 0 spiro atoms. The Morgan fingerprint density at radius 2 is 1.65 bits per heavy atom. The van der Waals surface area contributed by atoms with Crippen molar-refractivity contribution in [3.05, 3.63) is 106 Å². The number of allylic oxidation sites excluding steroid dienone is 7. The van der Waals surface area contributed by atoms with Crippen molar-refractivity contribution in [3.8, 4) is 0 Å². The lowest BCUT2D eigenvalue weighted by molar-refractivity contribution is 0.289. The zero-order valence-electron chi connectivity index (χ0n) is 22.8. The van der Waals surface area contributed by atoms with Crippen molar-refractivity contribution in [1.29, 1.82) is 0 Å². The van der Waals surface area contributed by atoms with Crippen LogP contribution in [0.2, 0.25) is 0 Å². The molecule has 6 rings (SSSR count). The number of hydrogen-bond acceptors (Lipinski definition) is 3. The van der Waals surface area contributed by atoms with Crippen LogP contribution in [0, 0.1) is 0 Å². The highest BCUT2D eigenvalue weighted by molar-refractivity contribution is 5.75. The summed E-state index contributed by atoms with van der Waals surface area (Å²) >= 11 is 0. The van der Waals surface area contributed by atoms with Gasteiger partial charge in [0.05, 0.1) is 0 Å². The van der Waals surface area contributed by atoms with Crippen LogP contribution in [0.5, 0.6) is 0 Å². The van der Waals surface area contributed by atoms with E-state index >= 15 is 0 Å². The van der Waals surface area contributed by atoms with Crippen LogP contribution in [-0.4, -0.2) is 24.8 Å². The Morgan fingerprint density at radius 1 is 0.919 bits per heavy atom. The Bertz CT molecular complexity index is 1350. The molecule has 1 N–H and O–H groups in total. The highest BCUT2D eigenvalue weighted by Crippen LogP contribution is 2.51. The van der Waals surface area contributed by atoms with Crippen molar-refractivity contribution < 1.29 is 5.11 Å². The number of anilines is 2. The molecule has 4 heterocycles. The van der Waals surface area contributed by atoms with Crippen molar-refractivity contribution in [1.82, 2.24) is 0 Å². The molecule has 192 valence electrons. The molecule has 0 fully saturated rings. The minimum absolute atomic E-state index is 0.0109. The second-order valence-electron chi connectivity index (χ2n) is 12.1. The maximum atomic E-state index is 9.60. The van der Waals surface area contributed by atoms with E-state index in [1.165, 1.54) is 63.3 Å². The summed E-state index contributed by atoms with van der Waals surface area (Å²) in [6, 6.07) is 13.6. The molecule has 0 aliphatic carbocycles. The van der Waals surface area contributed by atoms with E-state index in [0.717, 1.165) is 32.4 Å². The molecule has 2 aromatic carbocycles. The van der Waals surface area contributed by atoms with Crippen LogP contribution in [-0.2, 0) is 23.7 Å². The minimum atomic E-state index is -0.0392. The number of nitrogens with zero attached hydrogens (tertiary/aromatic N) is 2. The predicted octanol–water partition coefficient (Wildman–Crippen LogP) is 7.11. The number of hydrogen-bond donors (Lipinski definition) is 1. The number of aryl methyl sites for hydroxylation is 1. The number of benzene rings is 2. The monoisotopic (exact) mass is 492 g/mol. The largest absolute Gasteiger partial charge is 0.396 e. The quantitative estimate of drug-likeness (QED) is 0.436. The maximum Gasteiger partial charge on any atom is 0.0483 e. The van der Waals surface area contributed by atoms with Crippen LogP contribution in [0.15, 0.2) is 83.7 Å². The van der Waals surface area contributed by atoms with Crippen LogP contribution >= 0.6 is 0 Å². The van der Waals surface area contributed by atoms with Gasteiger partial charge < -0.3 is 14.9 Å². The average Bonchev–Trinajstić information content (AvgIpc) is 3.40. The number of rotatable bonds is 6. The van der Waals surface area contributed by atoms with E-state index in [0.29, 0.717) is 0 Å². The first-order chi connectivity index (χ1) is 17.8. The van der Waals surface area contributed by atoms with Crippen molar-refractivity contribution in [2.24, 2.45) is 0 Å². The highest BCUT2D eigenvalue weighted by atomic mass is 16.2. The van der Waals surface area contributed by atoms with Gasteiger partial charge >= 0.3 is 0 Å². The summed E-state index contributed by atoms with van der Waals surface area (Å²) < 4.78 is 0. The van der Waals surface area contributed by atoms with Gasteiger partial charge in [-0.1, -0.05) is 82.3 Å². The lowest BCUT2D eigenvalue weighted by atomic mass is 9.74. The molecule has 0 radical (unpaired) electrons. The topological polar surface area (TPSA) is 26.7 Å². The van der Waals surface area contributed by atoms with Gasteiger partial charge in [0, 0.05) is 53.8 Å². The SMILES string of the molecule is CC1(C)C(/C=C/C(=C/C=C2/N3CCCc4cccc(c43)C2(C)C)CCCO)=CN2CCc3cccc1c32. The molecule has 0 aromatic heterocycles. The van der Waals surface area contributed by atoms with Gasteiger partial charge in [0.25, 0.3) is 0 Å². The van der Waals surface area contributed by atoms with E-state index in [1.54, 1.807) is 0 Å². The summed E-state index contributed by atoms with van der Waals surface area (Å²) in [7, 11) is 0. The number of para-hydroxylation sites is 2. The van der Waals surface area contributed by atoms with Gasteiger partial charge in [-0.25, -0.2) is 0 Å². The third-order valence-corrected chi connectivity index (χ3v) is 9.10.